The number of carbonyl (C=O) groups excluding carboxylic acids is 1. The van der Waals surface area contributed by atoms with Crippen molar-refractivity contribution in [1.29, 1.82) is 0 Å². The minimum atomic E-state index is -0.383. The lowest BCUT2D eigenvalue weighted by molar-refractivity contribution is 0.0136. The van der Waals surface area contributed by atoms with Crippen LogP contribution in [0.25, 0.3) is 0 Å². The van der Waals surface area contributed by atoms with Gasteiger partial charge in [-0.1, -0.05) is 0 Å². The molecular formula is C8H9NO3. The summed E-state index contributed by atoms with van der Waals surface area (Å²) in [6.45, 7) is 1.49. The molecule has 1 fully saturated rings. The van der Waals surface area contributed by atoms with Gasteiger partial charge in [-0.2, -0.15) is 0 Å². The van der Waals surface area contributed by atoms with Gasteiger partial charge in [0.1, 0.15) is 6.10 Å². The lowest BCUT2D eigenvalue weighted by Crippen LogP contribution is -2.49. The van der Waals surface area contributed by atoms with Gasteiger partial charge in [0.05, 0.1) is 6.26 Å². The smallest absolute Gasteiger partial charge is 0.374 e. The Balaban J connectivity index is 1.92. The fourth-order valence-electron chi connectivity index (χ4n) is 0.950. The van der Waals surface area contributed by atoms with E-state index in [1.165, 1.54) is 6.26 Å². The van der Waals surface area contributed by atoms with Crippen LogP contribution in [0.5, 0.6) is 0 Å². The van der Waals surface area contributed by atoms with Gasteiger partial charge in [-0.3, -0.25) is 0 Å². The Morgan fingerprint density at radius 2 is 2.50 bits per heavy atom. The van der Waals surface area contributed by atoms with E-state index in [-0.39, 0.29) is 17.8 Å². The van der Waals surface area contributed by atoms with Gasteiger partial charge in [0.2, 0.25) is 5.76 Å². The summed E-state index contributed by atoms with van der Waals surface area (Å²) in [4.78, 5) is 11.2. The molecule has 0 saturated carbocycles. The van der Waals surface area contributed by atoms with E-state index in [4.69, 9.17) is 9.15 Å². The minimum absolute atomic E-state index is 0.0163. The van der Waals surface area contributed by atoms with E-state index in [0.717, 1.165) is 13.1 Å². The maximum atomic E-state index is 11.2. The number of esters is 1. The highest BCUT2D eigenvalue weighted by molar-refractivity contribution is 5.86. The summed E-state index contributed by atoms with van der Waals surface area (Å²) in [6, 6.07) is 3.25. The first-order valence-electron chi connectivity index (χ1n) is 3.81. The van der Waals surface area contributed by atoms with Crippen LogP contribution < -0.4 is 5.32 Å². The van der Waals surface area contributed by atoms with Gasteiger partial charge in [-0.15, -0.1) is 0 Å². The number of hydrogen-bond donors (Lipinski definition) is 1. The number of carbonyl (C=O) groups is 1. The molecule has 0 aromatic carbocycles. The van der Waals surface area contributed by atoms with Crippen molar-refractivity contribution in [3.63, 3.8) is 0 Å². The highest BCUT2D eigenvalue weighted by atomic mass is 16.6. The summed E-state index contributed by atoms with van der Waals surface area (Å²) < 4.78 is 9.91. The maximum absolute atomic E-state index is 11.2. The zero-order chi connectivity index (χ0) is 8.39. The molecule has 4 nitrogen and oxygen atoms in total. The number of ether oxygens (including phenoxy) is 1. The molecule has 0 bridgehead atoms. The minimum Gasteiger partial charge on any atom is -0.457 e. The molecule has 12 heavy (non-hydrogen) atoms. The van der Waals surface area contributed by atoms with Gasteiger partial charge in [0.25, 0.3) is 0 Å². The molecule has 1 aromatic heterocycles. The number of nitrogens with one attached hydrogen (secondary N) is 1. The SMILES string of the molecule is O=C(OC1CNC1)c1ccco1. The average Bonchev–Trinajstić information content (AvgIpc) is 2.47. The molecule has 2 rings (SSSR count). The molecule has 0 spiro atoms. The summed E-state index contributed by atoms with van der Waals surface area (Å²) in [6.07, 6.45) is 1.47. The van der Waals surface area contributed by atoms with Gasteiger partial charge < -0.3 is 14.5 Å². The standard InChI is InChI=1S/C8H9NO3/c10-8(7-2-1-3-11-7)12-6-4-9-5-6/h1-3,6,9H,4-5H2. The first-order chi connectivity index (χ1) is 5.86. The summed E-state index contributed by atoms with van der Waals surface area (Å²) in [5, 5.41) is 3.00. The molecule has 4 heteroatoms. The molecule has 1 N–H and O–H groups in total. The van der Waals surface area contributed by atoms with E-state index in [9.17, 15) is 4.79 Å². The molecule has 0 aliphatic carbocycles. The lowest BCUT2D eigenvalue weighted by Gasteiger charge is -2.26. The number of furan rings is 1. The fraction of sp³-hybridized carbons (Fsp3) is 0.375. The van der Waals surface area contributed by atoms with Crippen LogP contribution in [0.1, 0.15) is 10.6 Å². The van der Waals surface area contributed by atoms with Gasteiger partial charge in [-0.25, -0.2) is 4.79 Å². The Hall–Kier alpha value is -1.29. The quantitative estimate of drug-likeness (QED) is 0.648. The van der Waals surface area contributed by atoms with Crippen LogP contribution in [-0.4, -0.2) is 25.2 Å². The average molecular weight is 167 g/mol. The predicted molar refractivity (Wildman–Crippen MR) is 40.8 cm³/mol. The van der Waals surface area contributed by atoms with Crippen LogP contribution in [0, 0.1) is 0 Å². The van der Waals surface area contributed by atoms with Gasteiger partial charge in [-0.05, 0) is 12.1 Å². The molecule has 0 radical (unpaired) electrons. The van der Waals surface area contributed by atoms with Crippen LogP contribution >= 0.6 is 0 Å². The van der Waals surface area contributed by atoms with Crippen LogP contribution in [0.3, 0.4) is 0 Å². The zero-order valence-electron chi connectivity index (χ0n) is 6.45. The highest BCUT2D eigenvalue weighted by Gasteiger charge is 2.22. The fourth-order valence-corrected chi connectivity index (χ4v) is 0.950. The van der Waals surface area contributed by atoms with Gasteiger partial charge >= 0.3 is 5.97 Å². The molecule has 1 aliphatic heterocycles. The summed E-state index contributed by atoms with van der Waals surface area (Å²) in [5.74, 6) is -0.117. The Morgan fingerprint density at radius 1 is 1.67 bits per heavy atom. The van der Waals surface area contributed by atoms with Crippen LogP contribution in [0.15, 0.2) is 22.8 Å². The van der Waals surface area contributed by atoms with E-state index in [2.05, 4.69) is 5.32 Å². The molecule has 64 valence electrons. The highest BCUT2D eigenvalue weighted by Crippen LogP contribution is 2.06. The zero-order valence-corrected chi connectivity index (χ0v) is 6.45. The van der Waals surface area contributed by atoms with Crippen molar-refractivity contribution in [2.45, 2.75) is 6.10 Å². The van der Waals surface area contributed by atoms with Crippen molar-refractivity contribution in [2.75, 3.05) is 13.1 Å². The number of rotatable bonds is 2. The van der Waals surface area contributed by atoms with E-state index in [0.29, 0.717) is 0 Å². The molecule has 0 amide bonds. The topological polar surface area (TPSA) is 51.5 Å². The predicted octanol–water partition coefficient (Wildman–Crippen LogP) is 0.408. The third-order valence-electron chi connectivity index (χ3n) is 1.74. The van der Waals surface area contributed by atoms with Crippen molar-refractivity contribution in [3.8, 4) is 0 Å². The summed E-state index contributed by atoms with van der Waals surface area (Å²) in [7, 11) is 0. The van der Waals surface area contributed by atoms with E-state index >= 15 is 0 Å². The first-order valence-corrected chi connectivity index (χ1v) is 3.81. The normalized spacial score (nSPS) is 17.0. The molecular weight excluding hydrogens is 158 g/mol. The van der Waals surface area contributed by atoms with Crippen LogP contribution in [-0.2, 0) is 4.74 Å². The van der Waals surface area contributed by atoms with Crippen LogP contribution in [0.2, 0.25) is 0 Å². The molecule has 1 aromatic rings. The molecule has 1 aliphatic rings. The van der Waals surface area contributed by atoms with E-state index < -0.39 is 0 Å². The maximum Gasteiger partial charge on any atom is 0.374 e. The molecule has 2 heterocycles. The van der Waals surface area contributed by atoms with Crippen molar-refractivity contribution in [2.24, 2.45) is 0 Å². The molecule has 1 saturated heterocycles. The van der Waals surface area contributed by atoms with E-state index in [1.54, 1.807) is 12.1 Å². The Labute approximate surface area is 69.5 Å². The molecule has 0 unspecified atom stereocenters. The van der Waals surface area contributed by atoms with Gasteiger partial charge in [0, 0.05) is 13.1 Å². The first kappa shape index (κ1) is 7.36. The Bertz CT molecular complexity index is 264. The van der Waals surface area contributed by atoms with Gasteiger partial charge in [0.15, 0.2) is 0 Å². The largest absolute Gasteiger partial charge is 0.457 e. The second-order valence-corrected chi connectivity index (χ2v) is 2.66. The van der Waals surface area contributed by atoms with Crippen molar-refractivity contribution in [3.05, 3.63) is 24.2 Å². The second-order valence-electron chi connectivity index (χ2n) is 2.66. The summed E-state index contributed by atoms with van der Waals surface area (Å²) >= 11 is 0. The Morgan fingerprint density at radius 3 is 3.00 bits per heavy atom. The second kappa shape index (κ2) is 2.98. The third kappa shape index (κ3) is 1.33. The summed E-state index contributed by atoms with van der Waals surface area (Å²) in [5.41, 5.74) is 0. The monoisotopic (exact) mass is 167 g/mol. The third-order valence-corrected chi connectivity index (χ3v) is 1.74. The van der Waals surface area contributed by atoms with E-state index in [1.807, 2.05) is 0 Å². The van der Waals surface area contributed by atoms with Crippen molar-refractivity contribution < 1.29 is 13.9 Å². The Kier molecular flexibility index (Phi) is 1.83. The van der Waals surface area contributed by atoms with Crippen molar-refractivity contribution >= 4 is 5.97 Å². The lowest BCUT2D eigenvalue weighted by atomic mass is 10.2. The number of hydrogen-bond acceptors (Lipinski definition) is 4. The van der Waals surface area contributed by atoms with Crippen LogP contribution in [0.4, 0.5) is 0 Å². The molecule has 0 atom stereocenters. The van der Waals surface area contributed by atoms with Crippen molar-refractivity contribution in [1.82, 2.24) is 5.32 Å².